The number of hydrogen-bond acceptors (Lipinski definition) is 3. The average Bonchev–Trinajstić information content (AvgIpc) is 2.89. The summed E-state index contributed by atoms with van der Waals surface area (Å²) in [6.45, 7) is 0.0255. The van der Waals surface area contributed by atoms with Gasteiger partial charge in [0.1, 0.15) is 6.54 Å². The molecular formula is C28H27F3N2O3. The summed E-state index contributed by atoms with van der Waals surface area (Å²) < 4.78 is 39.7. The number of hydrogen-bond donors (Lipinski definition) is 1. The Hall–Kier alpha value is -3.65. The molecule has 3 aromatic rings. The summed E-state index contributed by atoms with van der Waals surface area (Å²) >= 11 is 0. The van der Waals surface area contributed by atoms with Crippen LogP contribution >= 0.6 is 0 Å². The van der Waals surface area contributed by atoms with Crippen LogP contribution < -0.4 is 0 Å². The lowest BCUT2D eigenvalue weighted by Crippen LogP contribution is -2.57. The maximum absolute atomic E-state index is 13.2. The third kappa shape index (κ3) is 6.12. The van der Waals surface area contributed by atoms with Crippen LogP contribution in [0.3, 0.4) is 0 Å². The molecule has 0 bridgehead atoms. The van der Waals surface area contributed by atoms with Crippen molar-refractivity contribution in [2.24, 2.45) is 0 Å². The number of aliphatic hydroxyl groups is 1. The Morgan fingerprint density at radius 3 is 2.28 bits per heavy atom. The van der Waals surface area contributed by atoms with Crippen molar-refractivity contribution in [3.63, 3.8) is 0 Å². The van der Waals surface area contributed by atoms with Gasteiger partial charge in [0.25, 0.3) is 5.91 Å². The molecule has 1 fully saturated rings. The summed E-state index contributed by atoms with van der Waals surface area (Å²) in [6.07, 6.45) is -3.25. The standard InChI is InChI=1S/C28H27F3N2O3/c29-28(30,31)24-8-4-7-22(15-24)16-33-25(14-11-20-5-2-1-3-6-20)17-32(18-26(33)35)27(36)23-12-9-21(19-34)10-13-23/h1-10,12-13,15,25,34H,11,14,16-19H2/t25-/m0/s1. The molecule has 0 aliphatic carbocycles. The van der Waals surface area contributed by atoms with Crippen molar-refractivity contribution in [1.29, 1.82) is 0 Å². The molecule has 0 unspecified atom stereocenters. The molecule has 1 atom stereocenters. The number of carbonyl (C=O) groups is 2. The minimum absolute atomic E-state index is 0.0371. The highest BCUT2D eigenvalue weighted by molar-refractivity contribution is 5.97. The fourth-order valence-electron chi connectivity index (χ4n) is 4.45. The van der Waals surface area contributed by atoms with E-state index in [9.17, 15) is 27.9 Å². The second-order valence-electron chi connectivity index (χ2n) is 8.94. The summed E-state index contributed by atoms with van der Waals surface area (Å²) in [5, 5.41) is 9.24. The molecule has 3 aromatic carbocycles. The van der Waals surface area contributed by atoms with E-state index in [1.165, 1.54) is 11.0 Å². The molecule has 1 N–H and O–H groups in total. The van der Waals surface area contributed by atoms with E-state index in [1.807, 2.05) is 30.3 Å². The van der Waals surface area contributed by atoms with Gasteiger partial charge in [0.05, 0.1) is 18.2 Å². The molecule has 1 heterocycles. The molecular weight excluding hydrogens is 469 g/mol. The lowest BCUT2D eigenvalue weighted by atomic mass is 9.99. The second-order valence-corrected chi connectivity index (χ2v) is 8.94. The van der Waals surface area contributed by atoms with Gasteiger partial charge in [-0.05, 0) is 53.8 Å². The Morgan fingerprint density at radius 1 is 0.917 bits per heavy atom. The van der Waals surface area contributed by atoms with E-state index in [1.54, 1.807) is 35.2 Å². The Labute approximate surface area is 207 Å². The topological polar surface area (TPSA) is 60.9 Å². The Kier molecular flexibility index (Phi) is 7.74. The molecule has 36 heavy (non-hydrogen) atoms. The molecule has 0 saturated carbocycles. The molecule has 1 saturated heterocycles. The van der Waals surface area contributed by atoms with Crippen molar-refractivity contribution in [1.82, 2.24) is 9.80 Å². The Balaban J connectivity index is 1.56. The zero-order chi connectivity index (χ0) is 25.7. The predicted molar refractivity (Wildman–Crippen MR) is 129 cm³/mol. The number of piperazine rings is 1. The summed E-state index contributed by atoms with van der Waals surface area (Å²) in [5.41, 5.74) is 1.80. The van der Waals surface area contributed by atoms with E-state index in [-0.39, 0.29) is 44.1 Å². The molecule has 4 rings (SSSR count). The van der Waals surface area contributed by atoms with Gasteiger partial charge in [0, 0.05) is 18.7 Å². The lowest BCUT2D eigenvalue weighted by molar-refractivity contribution is -0.139. The Morgan fingerprint density at radius 2 is 1.61 bits per heavy atom. The number of rotatable bonds is 7. The van der Waals surface area contributed by atoms with E-state index in [0.717, 1.165) is 17.7 Å². The van der Waals surface area contributed by atoms with E-state index in [4.69, 9.17) is 0 Å². The average molecular weight is 497 g/mol. The number of nitrogens with zero attached hydrogens (tertiary/aromatic N) is 2. The molecule has 1 aliphatic rings. The molecule has 0 radical (unpaired) electrons. The maximum Gasteiger partial charge on any atom is 0.416 e. The minimum atomic E-state index is -4.47. The molecule has 1 aliphatic heterocycles. The number of halogens is 3. The Bertz CT molecular complexity index is 1200. The third-order valence-electron chi connectivity index (χ3n) is 6.41. The lowest BCUT2D eigenvalue weighted by Gasteiger charge is -2.41. The highest BCUT2D eigenvalue weighted by Gasteiger charge is 2.35. The van der Waals surface area contributed by atoms with Crippen LogP contribution in [0.4, 0.5) is 13.2 Å². The van der Waals surface area contributed by atoms with Crippen molar-refractivity contribution in [2.45, 2.75) is 38.2 Å². The summed E-state index contributed by atoms with van der Waals surface area (Å²) in [6, 6.07) is 20.9. The summed E-state index contributed by atoms with van der Waals surface area (Å²) in [5.74, 6) is -0.603. The van der Waals surface area contributed by atoms with Crippen molar-refractivity contribution >= 4 is 11.8 Å². The van der Waals surface area contributed by atoms with Gasteiger partial charge in [-0.25, -0.2) is 0 Å². The number of aryl methyl sites for hydroxylation is 1. The van der Waals surface area contributed by atoms with Gasteiger partial charge < -0.3 is 14.9 Å². The fraction of sp³-hybridized carbons (Fsp3) is 0.286. The summed E-state index contributed by atoms with van der Waals surface area (Å²) in [4.78, 5) is 29.5. The van der Waals surface area contributed by atoms with Crippen LogP contribution in [0, 0.1) is 0 Å². The number of benzene rings is 3. The first-order valence-corrected chi connectivity index (χ1v) is 11.7. The number of aliphatic hydroxyl groups excluding tert-OH is 1. The van der Waals surface area contributed by atoms with Crippen molar-refractivity contribution in [3.05, 3.63) is 107 Å². The minimum Gasteiger partial charge on any atom is -0.392 e. The highest BCUT2D eigenvalue weighted by Crippen LogP contribution is 2.30. The molecule has 0 spiro atoms. The molecule has 0 aromatic heterocycles. The maximum atomic E-state index is 13.2. The van der Waals surface area contributed by atoms with Gasteiger partial charge in [0.15, 0.2) is 0 Å². The molecule has 8 heteroatoms. The van der Waals surface area contributed by atoms with Crippen LogP contribution in [-0.2, 0) is 30.5 Å². The number of alkyl halides is 3. The zero-order valence-corrected chi connectivity index (χ0v) is 19.6. The van der Waals surface area contributed by atoms with Crippen molar-refractivity contribution in [2.75, 3.05) is 13.1 Å². The normalized spacial score (nSPS) is 16.3. The summed E-state index contributed by atoms with van der Waals surface area (Å²) in [7, 11) is 0. The zero-order valence-electron chi connectivity index (χ0n) is 19.6. The van der Waals surface area contributed by atoms with Crippen LogP contribution in [-0.4, -0.2) is 45.9 Å². The van der Waals surface area contributed by atoms with E-state index in [2.05, 4.69) is 0 Å². The highest BCUT2D eigenvalue weighted by atomic mass is 19.4. The van der Waals surface area contributed by atoms with Crippen molar-refractivity contribution < 1.29 is 27.9 Å². The second kappa shape index (κ2) is 11.0. The van der Waals surface area contributed by atoms with Crippen LogP contribution in [0.25, 0.3) is 0 Å². The van der Waals surface area contributed by atoms with E-state index in [0.29, 0.717) is 29.5 Å². The molecule has 188 valence electrons. The van der Waals surface area contributed by atoms with Crippen LogP contribution in [0.2, 0.25) is 0 Å². The predicted octanol–water partition coefficient (Wildman–Crippen LogP) is 4.68. The van der Waals surface area contributed by atoms with Gasteiger partial charge in [0.2, 0.25) is 5.91 Å². The van der Waals surface area contributed by atoms with Gasteiger partial charge in [-0.3, -0.25) is 9.59 Å². The quantitative estimate of drug-likeness (QED) is 0.517. The van der Waals surface area contributed by atoms with Crippen molar-refractivity contribution in [3.8, 4) is 0 Å². The number of amides is 2. The molecule has 5 nitrogen and oxygen atoms in total. The van der Waals surface area contributed by atoms with Crippen LogP contribution in [0.15, 0.2) is 78.9 Å². The van der Waals surface area contributed by atoms with Gasteiger partial charge in [-0.15, -0.1) is 0 Å². The first-order valence-electron chi connectivity index (χ1n) is 11.7. The monoisotopic (exact) mass is 496 g/mol. The van der Waals surface area contributed by atoms with Gasteiger partial charge in [-0.1, -0.05) is 54.6 Å². The fourth-order valence-corrected chi connectivity index (χ4v) is 4.45. The first-order chi connectivity index (χ1) is 17.2. The van der Waals surface area contributed by atoms with Gasteiger partial charge >= 0.3 is 6.18 Å². The van der Waals surface area contributed by atoms with Gasteiger partial charge in [-0.2, -0.15) is 13.2 Å². The van der Waals surface area contributed by atoms with E-state index < -0.39 is 11.7 Å². The smallest absolute Gasteiger partial charge is 0.392 e. The van der Waals surface area contributed by atoms with E-state index >= 15 is 0 Å². The van der Waals surface area contributed by atoms with Crippen LogP contribution in [0.1, 0.15) is 39.0 Å². The SMILES string of the molecule is O=C(c1ccc(CO)cc1)N1CC(=O)N(Cc2cccc(C(F)(F)F)c2)[C@@H](CCc2ccccc2)C1. The number of carbonyl (C=O) groups excluding carboxylic acids is 2. The largest absolute Gasteiger partial charge is 0.416 e. The van der Waals surface area contributed by atoms with Crippen LogP contribution in [0.5, 0.6) is 0 Å². The third-order valence-corrected chi connectivity index (χ3v) is 6.41. The first kappa shape index (κ1) is 25.4. The molecule has 2 amide bonds.